The highest BCUT2D eigenvalue weighted by atomic mass is 31.2. The monoisotopic (exact) mass is 443 g/mol. The fourth-order valence-corrected chi connectivity index (χ4v) is 5.82. The summed E-state index contributed by atoms with van der Waals surface area (Å²) in [5.41, 5.74) is 1.46. The molecule has 0 heterocycles. The first kappa shape index (κ1) is 23.8. The van der Waals surface area contributed by atoms with Crippen molar-refractivity contribution < 1.29 is 32.3 Å². The van der Waals surface area contributed by atoms with Gasteiger partial charge >= 0.3 is 15.2 Å². The number of phenolic OH excluding ortho intramolecular Hbond substituents is 1. The highest BCUT2D eigenvalue weighted by molar-refractivity contribution is 7.55. The van der Waals surface area contributed by atoms with Gasteiger partial charge in [0.25, 0.3) is 0 Å². The Labute approximate surface area is 171 Å². The van der Waals surface area contributed by atoms with E-state index in [4.69, 9.17) is 18.1 Å². The van der Waals surface area contributed by atoms with Crippen molar-refractivity contribution >= 4 is 15.2 Å². The predicted octanol–water partition coefficient (Wildman–Crippen LogP) is 4.82. The average molecular weight is 443 g/mol. The van der Waals surface area contributed by atoms with Crippen molar-refractivity contribution in [3.8, 4) is 5.75 Å². The Morgan fingerprint density at radius 2 is 1.41 bits per heavy atom. The van der Waals surface area contributed by atoms with Crippen LogP contribution in [-0.4, -0.2) is 44.7 Å². The van der Waals surface area contributed by atoms with Crippen molar-refractivity contribution in [3.63, 3.8) is 0 Å². The molecular formula is C19H27NO7P2. The lowest BCUT2D eigenvalue weighted by molar-refractivity contribution is 0.182. The summed E-state index contributed by atoms with van der Waals surface area (Å²) < 4.78 is 47.3. The molecule has 29 heavy (non-hydrogen) atoms. The number of phenols is 1. The first-order valence-electron chi connectivity index (χ1n) is 8.79. The van der Waals surface area contributed by atoms with E-state index in [0.29, 0.717) is 5.56 Å². The van der Waals surface area contributed by atoms with E-state index in [2.05, 4.69) is 0 Å². The second-order valence-corrected chi connectivity index (χ2v) is 10.8. The number of benzene rings is 2. The summed E-state index contributed by atoms with van der Waals surface area (Å²) in [7, 11) is -2.03. The number of aromatic hydroxyl groups is 1. The Morgan fingerprint density at radius 1 is 0.862 bits per heavy atom. The summed E-state index contributed by atoms with van der Waals surface area (Å²) in [6, 6.07) is 15.6. The number of rotatable bonds is 11. The molecule has 0 saturated heterocycles. The molecule has 1 unspecified atom stereocenters. The third-order valence-electron chi connectivity index (χ3n) is 4.49. The van der Waals surface area contributed by atoms with Gasteiger partial charge < -0.3 is 23.2 Å². The molecule has 0 bridgehead atoms. The first-order valence-corrected chi connectivity index (χ1v) is 12.1. The molecule has 0 radical (unpaired) electrons. The summed E-state index contributed by atoms with van der Waals surface area (Å²) in [6.07, 6.45) is -0.156. The molecule has 1 N–H and O–H groups in total. The quantitative estimate of drug-likeness (QED) is 0.494. The minimum absolute atomic E-state index is 0.0613. The van der Waals surface area contributed by atoms with Gasteiger partial charge in [-0.2, -0.15) is 0 Å². The van der Waals surface area contributed by atoms with Crippen LogP contribution in [0.3, 0.4) is 0 Å². The molecule has 10 heteroatoms. The molecule has 0 fully saturated rings. The van der Waals surface area contributed by atoms with E-state index >= 15 is 0 Å². The zero-order valence-corrected chi connectivity index (χ0v) is 18.7. The maximum atomic E-state index is 13.5. The van der Waals surface area contributed by atoms with Gasteiger partial charge in [0.05, 0.1) is 0 Å². The maximum absolute atomic E-state index is 13.5. The van der Waals surface area contributed by atoms with Crippen molar-refractivity contribution in [1.82, 2.24) is 4.90 Å². The molecule has 0 aromatic heterocycles. The third-order valence-corrected chi connectivity index (χ3v) is 8.55. The van der Waals surface area contributed by atoms with Crippen LogP contribution in [0.4, 0.5) is 0 Å². The minimum atomic E-state index is -3.72. The molecule has 0 spiro atoms. The van der Waals surface area contributed by atoms with Crippen LogP contribution in [0.1, 0.15) is 16.9 Å². The van der Waals surface area contributed by atoms with Crippen LogP contribution in [0.2, 0.25) is 0 Å². The summed E-state index contributed by atoms with van der Waals surface area (Å²) in [5, 5.41) is 9.66. The summed E-state index contributed by atoms with van der Waals surface area (Å²) in [5.74, 6) is -0.858. The Morgan fingerprint density at radius 3 is 1.90 bits per heavy atom. The largest absolute Gasteiger partial charge is 0.508 e. The fraction of sp³-hybridized carbons (Fsp3) is 0.368. The molecule has 2 aromatic carbocycles. The van der Waals surface area contributed by atoms with Crippen LogP contribution in [0, 0.1) is 0 Å². The molecule has 1 atom stereocenters. The molecular weight excluding hydrogens is 416 g/mol. The molecule has 2 rings (SSSR count). The lowest BCUT2D eigenvalue weighted by Gasteiger charge is -2.36. The van der Waals surface area contributed by atoms with Crippen molar-refractivity contribution in [2.75, 3.05) is 34.7 Å². The van der Waals surface area contributed by atoms with Gasteiger partial charge in [-0.05, 0) is 23.3 Å². The third kappa shape index (κ3) is 6.00. The highest BCUT2D eigenvalue weighted by Gasteiger charge is 2.43. The zero-order chi connectivity index (χ0) is 21.5. The zero-order valence-electron chi connectivity index (χ0n) is 16.9. The second kappa shape index (κ2) is 10.5. The van der Waals surface area contributed by atoms with Crippen molar-refractivity contribution in [1.29, 1.82) is 0 Å². The van der Waals surface area contributed by atoms with Gasteiger partial charge in [0.2, 0.25) is 0 Å². The molecule has 0 amide bonds. The van der Waals surface area contributed by atoms with Gasteiger partial charge in [-0.25, -0.2) is 0 Å². The Hall–Kier alpha value is -1.50. The predicted molar refractivity (Wildman–Crippen MR) is 111 cm³/mol. The van der Waals surface area contributed by atoms with Gasteiger partial charge in [0.15, 0.2) is 0 Å². The summed E-state index contributed by atoms with van der Waals surface area (Å²) in [4.78, 5) is 1.68. The highest BCUT2D eigenvalue weighted by Crippen LogP contribution is 2.63. The van der Waals surface area contributed by atoms with Crippen LogP contribution >= 0.6 is 15.2 Å². The molecule has 0 aliphatic heterocycles. The van der Waals surface area contributed by atoms with E-state index in [9.17, 15) is 14.2 Å². The van der Waals surface area contributed by atoms with E-state index in [-0.39, 0.29) is 18.6 Å². The number of hydrogen-bond donors (Lipinski definition) is 1. The second-order valence-electron chi connectivity index (χ2n) is 6.22. The van der Waals surface area contributed by atoms with Gasteiger partial charge in [-0.15, -0.1) is 0 Å². The fourth-order valence-electron chi connectivity index (χ4n) is 2.96. The molecule has 0 saturated carbocycles. The SMILES string of the molecule is COP(=O)(CN(Cc1ccccc1)C(c1ccc(O)cc1)P(=O)(OC)OC)OC. The lowest BCUT2D eigenvalue weighted by atomic mass is 10.1. The van der Waals surface area contributed by atoms with Crippen LogP contribution in [0.25, 0.3) is 0 Å². The van der Waals surface area contributed by atoms with E-state index < -0.39 is 21.0 Å². The van der Waals surface area contributed by atoms with Gasteiger partial charge in [-0.3, -0.25) is 14.0 Å². The van der Waals surface area contributed by atoms with Crippen LogP contribution < -0.4 is 0 Å². The molecule has 2 aromatic rings. The lowest BCUT2D eigenvalue weighted by Crippen LogP contribution is -2.31. The smallest absolute Gasteiger partial charge is 0.351 e. The first-order chi connectivity index (χ1) is 13.8. The molecule has 160 valence electrons. The maximum Gasteiger partial charge on any atom is 0.351 e. The topological polar surface area (TPSA) is 94.5 Å². The van der Waals surface area contributed by atoms with Crippen LogP contribution in [-0.2, 0) is 33.8 Å². The molecule has 8 nitrogen and oxygen atoms in total. The van der Waals surface area contributed by atoms with Crippen molar-refractivity contribution in [2.45, 2.75) is 12.3 Å². The van der Waals surface area contributed by atoms with Gasteiger partial charge in [-0.1, -0.05) is 42.5 Å². The van der Waals surface area contributed by atoms with E-state index in [1.54, 1.807) is 17.0 Å². The van der Waals surface area contributed by atoms with E-state index in [0.717, 1.165) is 5.56 Å². The minimum Gasteiger partial charge on any atom is -0.508 e. The standard InChI is InChI=1S/C19H27NO7P2/c1-24-28(22,25-2)15-20(14-16-8-6-5-7-9-16)19(29(23,26-3)27-4)17-10-12-18(21)13-11-17/h5-13,19,21H,14-15H2,1-4H3. The van der Waals surface area contributed by atoms with Crippen LogP contribution in [0.5, 0.6) is 5.75 Å². The Kier molecular flexibility index (Phi) is 8.61. The summed E-state index contributed by atoms with van der Waals surface area (Å²) in [6.45, 7) is 0.278. The van der Waals surface area contributed by atoms with Crippen LogP contribution in [0.15, 0.2) is 54.6 Å². The molecule has 0 aliphatic carbocycles. The normalized spacial score (nSPS) is 13.6. The van der Waals surface area contributed by atoms with Crippen molar-refractivity contribution in [2.24, 2.45) is 0 Å². The van der Waals surface area contributed by atoms with E-state index in [1.807, 2.05) is 30.3 Å². The molecule has 0 aliphatic rings. The van der Waals surface area contributed by atoms with Gasteiger partial charge in [0, 0.05) is 35.0 Å². The van der Waals surface area contributed by atoms with E-state index in [1.165, 1.54) is 40.6 Å². The number of hydrogen-bond acceptors (Lipinski definition) is 8. The Bertz CT molecular complexity index is 845. The average Bonchev–Trinajstić information content (AvgIpc) is 2.75. The Balaban J connectivity index is 2.59. The number of nitrogens with zero attached hydrogens (tertiary/aromatic N) is 1. The summed E-state index contributed by atoms with van der Waals surface area (Å²) >= 11 is 0. The van der Waals surface area contributed by atoms with Gasteiger partial charge in [0.1, 0.15) is 17.8 Å². The van der Waals surface area contributed by atoms with Crippen molar-refractivity contribution in [3.05, 3.63) is 65.7 Å².